The summed E-state index contributed by atoms with van der Waals surface area (Å²) in [5.41, 5.74) is 0.504. The van der Waals surface area contributed by atoms with Crippen LogP contribution in [0.15, 0.2) is 30.3 Å². The Bertz CT molecular complexity index is 545. The second-order valence-corrected chi connectivity index (χ2v) is 7.67. The van der Waals surface area contributed by atoms with Gasteiger partial charge in [-0.25, -0.2) is 0 Å². The van der Waals surface area contributed by atoms with Gasteiger partial charge in [-0.05, 0) is 18.4 Å². The Balaban J connectivity index is 2.33. The quantitative estimate of drug-likeness (QED) is 0.895. The van der Waals surface area contributed by atoms with Crippen LogP contribution < -0.4 is 0 Å². The molecule has 0 spiro atoms. The minimum absolute atomic E-state index is 0.0452. The lowest BCUT2D eigenvalue weighted by atomic mass is 9.75. The average molecular weight is 298 g/mol. The number of hydrogen-bond donors (Lipinski definition) is 1. The van der Waals surface area contributed by atoms with E-state index >= 15 is 0 Å². The molecule has 0 bridgehead atoms. The van der Waals surface area contributed by atoms with Crippen LogP contribution in [0.2, 0.25) is 0 Å². The zero-order valence-electron chi connectivity index (χ0n) is 12.0. The van der Waals surface area contributed by atoms with Gasteiger partial charge in [-0.3, -0.25) is 0 Å². The van der Waals surface area contributed by atoms with Crippen molar-refractivity contribution in [2.75, 3.05) is 33.8 Å². The van der Waals surface area contributed by atoms with E-state index in [1.165, 1.54) is 22.7 Å². The van der Waals surface area contributed by atoms with Crippen molar-refractivity contribution >= 4 is 10.2 Å². The van der Waals surface area contributed by atoms with Gasteiger partial charge in [0.2, 0.25) is 0 Å². The molecule has 1 aromatic carbocycles. The van der Waals surface area contributed by atoms with Crippen molar-refractivity contribution in [1.29, 1.82) is 0 Å². The van der Waals surface area contributed by atoms with Crippen molar-refractivity contribution in [2.24, 2.45) is 0 Å². The predicted molar refractivity (Wildman–Crippen MR) is 78.6 cm³/mol. The first-order chi connectivity index (χ1) is 9.42. The van der Waals surface area contributed by atoms with Crippen LogP contribution in [-0.4, -0.2) is 55.9 Å². The molecule has 0 amide bonds. The second-order valence-electron chi connectivity index (χ2n) is 5.53. The number of piperidine rings is 1. The fourth-order valence-corrected chi connectivity index (χ4v) is 4.00. The van der Waals surface area contributed by atoms with Crippen LogP contribution in [0.4, 0.5) is 0 Å². The van der Waals surface area contributed by atoms with Gasteiger partial charge >= 0.3 is 0 Å². The first-order valence-corrected chi connectivity index (χ1v) is 8.16. The topological polar surface area (TPSA) is 60.9 Å². The molecule has 1 aliphatic rings. The summed E-state index contributed by atoms with van der Waals surface area (Å²) in [5.74, 6) is 0. The highest BCUT2D eigenvalue weighted by Crippen LogP contribution is 2.34. The maximum atomic E-state index is 12.3. The lowest BCUT2D eigenvalue weighted by Gasteiger charge is -2.42. The zero-order valence-corrected chi connectivity index (χ0v) is 12.8. The van der Waals surface area contributed by atoms with Gasteiger partial charge < -0.3 is 5.11 Å². The maximum Gasteiger partial charge on any atom is 0.281 e. The summed E-state index contributed by atoms with van der Waals surface area (Å²) < 4.78 is 27.3. The fourth-order valence-electron chi connectivity index (χ4n) is 2.77. The van der Waals surface area contributed by atoms with E-state index in [0.717, 1.165) is 18.4 Å². The van der Waals surface area contributed by atoms with E-state index in [4.69, 9.17) is 0 Å². The fraction of sp³-hybridized carbons (Fsp3) is 0.571. The normalized spacial score (nSPS) is 25.0. The van der Waals surface area contributed by atoms with Gasteiger partial charge in [0, 0.05) is 32.6 Å². The number of rotatable bonds is 4. The Hall–Kier alpha value is -0.950. The van der Waals surface area contributed by atoms with Gasteiger partial charge in [0.1, 0.15) is 0 Å². The molecule has 1 N–H and O–H groups in total. The van der Waals surface area contributed by atoms with Crippen LogP contribution in [0.3, 0.4) is 0 Å². The largest absolute Gasteiger partial charge is 0.395 e. The number of benzene rings is 1. The van der Waals surface area contributed by atoms with E-state index in [-0.39, 0.29) is 6.61 Å². The summed E-state index contributed by atoms with van der Waals surface area (Å²) in [4.78, 5) is 0. The third-order valence-corrected chi connectivity index (χ3v) is 5.91. The molecule has 0 radical (unpaired) electrons. The van der Waals surface area contributed by atoms with Crippen LogP contribution in [0.5, 0.6) is 0 Å². The van der Waals surface area contributed by atoms with Gasteiger partial charge in [-0.1, -0.05) is 30.3 Å². The van der Waals surface area contributed by atoms with Gasteiger partial charge in [0.15, 0.2) is 0 Å². The second kappa shape index (κ2) is 5.81. The molecular weight excluding hydrogens is 276 g/mol. The summed E-state index contributed by atoms with van der Waals surface area (Å²) >= 11 is 0. The molecule has 2 rings (SSSR count). The molecule has 1 aromatic rings. The molecule has 0 aliphatic carbocycles. The third-order valence-electron chi connectivity index (χ3n) is 4.02. The Morgan fingerprint density at radius 3 is 2.50 bits per heavy atom. The first kappa shape index (κ1) is 15.4. The minimum atomic E-state index is -3.43. The van der Waals surface area contributed by atoms with Crippen molar-refractivity contribution in [3.63, 3.8) is 0 Å². The molecule has 5 nitrogen and oxygen atoms in total. The Morgan fingerprint density at radius 2 is 1.95 bits per heavy atom. The van der Waals surface area contributed by atoms with E-state index in [0.29, 0.717) is 13.1 Å². The summed E-state index contributed by atoms with van der Waals surface area (Å²) in [5, 5.41) is 9.88. The molecule has 0 aromatic heterocycles. The minimum Gasteiger partial charge on any atom is -0.395 e. The standard InChI is InChI=1S/C14H22N2O3S/c1-15(2)20(18,19)16-10-6-9-14(11-16,12-17)13-7-4-3-5-8-13/h3-5,7-8,17H,6,9-12H2,1-2H3. The first-order valence-electron chi connectivity index (χ1n) is 6.76. The summed E-state index contributed by atoms with van der Waals surface area (Å²) in [7, 11) is -0.364. The van der Waals surface area contributed by atoms with E-state index < -0.39 is 15.6 Å². The van der Waals surface area contributed by atoms with Gasteiger partial charge in [-0.15, -0.1) is 0 Å². The number of nitrogens with zero attached hydrogens (tertiary/aromatic N) is 2. The summed E-state index contributed by atoms with van der Waals surface area (Å²) in [6.45, 7) is 0.791. The van der Waals surface area contributed by atoms with E-state index in [2.05, 4.69) is 0 Å². The lowest BCUT2D eigenvalue weighted by Crippen LogP contribution is -2.53. The molecule has 1 unspecified atom stereocenters. The number of hydrogen-bond acceptors (Lipinski definition) is 3. The van der Waals surface area contributed by atoms with Crippen LogP contribution in [-0.2, 0) is 15.6 Å². The van der Waals surface area contributed by atoms with E-state index in [1.807, 2.05) is 30.3 Å². The van der Waals surface area contributed by atoms with Crippen molar-refractivity contribution in [3.8, 4) is 0 Å². The Morgan fingerprint density at radius 1 is 1.30 bits per heavy atom. The molecule has 0 saturated carbocycles. The molecule has 1 aliphatic heterocycles. The SMILES string of the molecule is CN(C)S(=O)(=O)N1CCCC(CO)(c2ccccc2)C1. The van der Waals surface area contributed by atoms with Gasteiger partial charge in [-0.2, -0.15) is 17.0 Å². The van der Waals surface area contributed by atoms with Crippen LogP contribution in [0, 0.1) is 0 Å². The number of aliphatic hydroxyl groups excluding tert-OH is 1. The molecule has 1 saturated heterocycles. The smallest absolute Gasteiger partial charge is 0.281 e. The van der Waals surface area contributed by atoms with Crippen LogP contribution >= 0.6 is 0 Å². The summed E-state index contributed by atoms with van der Waals surface area (Å²) in [6.07, 6.45) is 1.55. The van der Waals surface area contributed by atoms with Gasteiger partial charge in [0.05, 0.1) is 6.61 Å². The highest BCUT2D eigenvalue weighted by atomic mass is 32.2. The van der Waals surface area contributed by atoms with Gasteiger partial charge in [0.25, 0.3) is 10.2 Å². The highest BCUT2D eigenvalue weighted by Gasteiger charge is 2.41. The molecule has 6 heteroatoms. The molecule has 20 heavy (non-hydrogen) atoms. The molecule has 1 fully saturated rings. The molecular formula is C14H22N2O3S. The molecule has 1 atom stereocenters. The maximum absolute atomic E-state index is 12.3. The van der Waals surface area contributed by atoms with Crippen LogP contribution in [0.25, 0.3) is 0 Å². The summed E-state index contributed by atoms with van der Waals surface area (Å²) in [6, 6.07) is 9.69. The predicted octanol–water partition coefficient (Wildman–Crippen LogP) is 0.819. The lowest BCUT2D eigenvalue weighted by molar-refractivity contribution is 0.127. The third kappa shape index (κ3) is 2.74. The number of aliphatic hydroxyl groups is 1. The highest BCUT2D eigenvalue weighted by molar-refractivity contribution is 7.86. The van der Waals surface area contributed by atoms with Crippen molar-refractivity contribution < 1.29 is 13.5 Å². The molecule has 112 valence electrons. The van der Waals surface area contributed by atoms with Crippen LogP contribution in [0.1, 0.15) is 18.4 Å². The molecule has 1 heterocycles. The van der Waals surface area contributed by atoms with Crippen molar-refractivity contribution in [2.45, 2.75) is 18.3 Å². The van der Waals surface area contributed by atoms with Crippen molar-refractivity contribution in [1.82, 2.24) is 8.61 Å². The zero-order chi connectivity index (χ0) is 14.8. The Labute approximate surface area is 121 Å². The van der Waals surface area contributed by atoms with Crippen molar-refractivity contribution in [3.05, 3.63) is 35.9 Å². The monoisotopic (exact) mass is 298 g/mol. The van der Waals surface area contributed by atoms with E-state index in [9.17, 15) is 13.5 Å². The Kier molecular flexibility index (Phi) is 4.49. The van der Waals surface area contributed by atoms with E-state index in [1.54, 1.807) is 0 Å². The average Bonchev–Trinajstić information content (AvgIpc) is 2.48.